The summed E-state index contributed by atoms with van der Waals surface area (Å²) in [5, 5.41) is 0. The van der Waals surface area contributed by atoms with Gasteiger partial charge in [0.2, 0.25) is 0 Å². The highest BCUT2D eigenvalue weighted by atomic mass is 16.5. The van der Waals surface area contributed by atoms with E-state index in [0.29, 0.717) is 5.56 Å². The SMILES string of the molecule is [2H]C([2H])([2H])OC(=O)[C@@H](N)c1ccccc1. The first kappa shape index (κ1) is 5.32. The monoisotopic (exact) mass is 168 g/mol. The molecule has 0 heterocycles. The zero-order valence-electron chi connectivity index (χ0n) is 9.36. The van der Waals surface area contributed by atoms with Gasteiger partial charge in [0.05, 0.1) is 11.2 Å². The molecule has 1 rings (SSSR count). The molecular weight excluding hydrogens is 154 g/mol. The van der Waals surface area contributed by atoms with Crippen molar-refractivity contribution in [1.29, 1.82) is 0 Å². The molecule has 64 valence electrons. The largest absolute Gasteiger partial charge is 0.468 e. The van der Waals surface area contributed by atoms with E-state index in [1.807, 2.05) is 0 Å². The second-order valence-electron chi connectivity index (χ2n) is 2.31. The molecule has 0 bridgehead atoms. The number of ether oxygens (including phenoxy) is 1. The van der Waals surface area contributed by atoms with Crippen LogP contribution in [0.4, 0.5) is 0 Å². The lowest BCUT2D eigenvalue weighted by atomic mass is 10.1. The number of benzene rings is 1. The van der Waals surface area contributed by atoms with E-state index in [1.165, 1.54) is 0 Å². The molecule has 3 heteroatoms. The lowest BCUT2D eigenvalue weighted by Crippen LogP contribution is -2.22. The number of esters is 1. The summed E-state index contributed by atoms with van der Waals surface area (Å²) in [5.74, 6) is -0.957. The van der Waals surface area contributed by atoms with Crippen LogP contribution < -0.4 is 5.73 Å². The predicted molar refractivity (Wildman–Crippen MR) is 45.4 cm³/mol. The van der Waals surface area contributed by atoms with Gasteiger partial charge in [0.25, 0.3) is 0 Å². The molecule has 12 heavy (non-hydrogen) atoms. The van der Waals surface area contributed by atoms with Gasteiger partial charge in [0.1, 0.15) is 6.04 Å². The van der Waals surface area contributed by atoms with Gasteiger partial charge in [0.15, 0.2) is 0 Å². The molecule has 3 nitrogen and oxygen atoms in total. The quantitative estimate of drug-likeness (QED) is 0.666. The van der Waals surface area contributed by atoms with E-state index in [1.54, 1.807) is 30.3 Å². The highest BCUT2D eigenvalue weighted by molar-refractivity contribution is 5.77. The van der Waals surface area contributed by atoms with Crippen molar-refractivity contribution in [2.24, 2.45) is 5.73 Å². The van der Waals surface area contributed by atoms with Gasteiger partial charge in [-0.25, -0.2) is 0 Å². The second-order valence-corrected chi connectivity index (χ2v) is 2.31. The fourth-order valence-electron chi connectivity index (χ4n) is 0.860. The molecule has 0 aliphatic heterocycles. The molecule has 0 radical (unpaired) electrons. The lowest BCUT2D eigenvalue weighted by Gasteiger charge is -2.08. The minimum Gasteiger partial charge on any atom is -0.468 e. The van der Waals surface area contributed by atoms with Crippen molar-refractivity contribution in [3.8, 4) is 0 Å². The van der Waals surface area contributed by atoms with E-state index in [0.717, 1.165) is 0 Å². The normalized spacial score (nSPS) is 16.9. The minimum atomic E-state index is -2.75. The number of carbonyl (C=O) groups excluding carboxylic acids is 1. The maximum Gasteiger partial charge on any atom is 0.327 e. The van der Waals surface area contributed by atoms with Crippen LogP contribution in [0.5, 0.6) is 0 Å². The Hall–Kier alpha value is -1.35. The van der Waals surface area contributed by atoms with Gasteiger partial charge >= 0.3 is 5.97 Å². The summed E-state index contributed by atoms with van der Waals surface area (Å²) in [5.41, 5.74) is 6.04. The summed E-state index contributed by atoms with van der Waals surface area (Å²) in [6.07, 6.45) is 0. The van der Waals surface area contributed by atoms with Crippen molar-refractivity contribution in [1.82, 2.24) is 0 Å². The van der Waals surface area contributed by atoms with Crippen LogP contribution in [0.2, 0.25) is 0 Å². The number of methoxy groups -OCH3 is 1. The van der Waals surface area contributed by atoms with Crippen LogP contribution in [0, 0.1) is 0 Å². The zero-order chi connectivity index (χ0) is 11.5. The molecule has 1 atom stereocenters. The summed E-state index contributed by atoms with van der Waals surface area (Å²) >= 11 is 0. The number of nitrogens with two attached hydrogens (primary N) is 1. The average Bonchev–Trinajstić information content (AvgIpc) is 2.15. The zero-order valence-corrected chi connectivity index (χ0v) is 6.36. The third-order valence-corrected chi connectivity index (χ3v) is 1.51. The van der Waals surface area contributed by atoms with E-state index in [4.69, 9.17) is 9.85 Å². The molecule has 1 aromatic carbocycles. The molecule has 0 unspecified atom stereocenters. The van der Waals surface area contributed by atoms with E-state index >= 15 is 0 Å². The van der Waals surface area contributed by atoms with Gasteiger partial charge in [-0.2, -0.15) is 0 Å². The molecule has 0 aliphatic carbocycles. The maximum atomic E-state index is 11.3. The molecule has 1 aromatic rings. The Morgan fingerprint density at radius 1 is 1.58 bits per heavy atom. The fourth-order valence-corrected chi connectivity index (χ4v) is 0.860. The number of rotatable bonds is 2. The third-order valence-electron chi connectivity index (χ3n) is 1.51. The average molecular weight is 168 g/mol. The topological polar surface area (TPSA) is 52.3 Å². The minimum absolute atomic E-state index is 0.520. The van der Waals surface area contributed by atoms with Crippen molar-refractivity contribution < 1.29 is 13.6 Å². The first-order valence-electron chi connectivity index (χ1n) is 4.93. The van der Waals surface area contributed by atoms with Gasteiger partial charge in [-0.05, 0) is 5.56 Å². The molecule has 0 aliphatic rings. The molecule has 0 amide bonds. The fraction of sp³-hybridized carbons (Fsp3) is 0.222. The number of hydrogen-bond donors (Lipinski definition) is 1. The summed E-state index contributed by atoms with van der Waals surface area (Å²) < 4.78 is 24.4. The van der Waals surface area contributed by atoms with Crippen LogP contribution >= 0.6 is 0 Å². The third kappa shape index (κ3) is 1.83. The Morgan fingerprint density at radius 3 is 2.83 bits per heavy atom. The first-order chi connectivity index (χ1) is 6.90. The van der Waals surface area contributed by atoms with Crippen molar-refractivity contribution >= 4 is 5.97 Å². The standard InChI is InChI=1S/C9H11NO2/c1-12-9(11)8(10)7-5-3-2-4-6-7/h2-6,8H,10H2,1H3/t8-/m0/s1/i1D3. The highest BCUT2D eigenvalue weighted by Gasteiger charge is 2.14. The summed E-state index contributed by atoms with van der Waals surface area (Å²) in [7, 11) is -2.75. The van der Waals surface area contributed by atoms with Crippen LogP contribution in [0.15, 0.2) is 30.3 Å². The van der Waals surface area contributed by atoms with Crippen LogP contribution in [-0.2, 0) is 9.53 Å². The van der Waals surface area contributed by atoms with Gasteiger partial charge < -0.3 is 10.5 Å². The number of hydrogen-bond acceptors (Lipinski definition) is 3. The number of carbonyl (C=O) groups is 1. The molecule has 0 aromatic heterocycles. The predicted octanol–water partition coefficient (Wildman–Crippen LogP) is 0.859. The van der Waals surface area contributed by atoms with E-state index in [2.05, 4.69) is 4.74 Å². The molecule has 0 saturated heterocycles. The highest BCUT2D eigenvalue weighted by Crippen LogP contribution is 2.09. The Kier molecular flexibility index (Phi) is 1.72. The van der Waals surface area contributed by atoms with Crippen LogP contribution in [0.25, 0.3) is 0 Å². The second kappa shape index (κ2) is 3.88. The lowest BCUT2D eigenvalue weighted by molar-refractivity contribution is -0.142. The van der Waals surface area contributed by atoms with Crippen LogP contribution in [-0.4, -0.2) is 13.0 Å². The summed E-state index contributed by atoms with van der Waals surface area (Å²) in [6.45, 7) is 0. The van der Waals surface area contributed by atoms with Gasteiger partial charge in [0, 0.05) is 0 Å². The van der Waals surface area contributed by atoms with Crippen molar-refractivity contribution in [3.63, 3.8) is 0 Å². The molecule has 2 N–H and O–H groups in total. The smallest absolute Gasteiger partial charge is 0.327 e. The van der Waals surface area contributed by atoms with E-state index < -0.39 is 19.0 Å². The summed E-state index contributed by atoms with van der Waals surface area (Å²) in [6, 6.07) is 7.38. The molecular formula is C9H11NO2. The Balaban J connectivity index is 2.70. The summed E-state index contributed by atoms with van der Waals surface area (Å²) in [4.78, 5) is 11.3. The Morgan fingerprint density at radius 2 is 2.25 bits per heavy atom. The van der Waals surface area contributed by atoms with Crippen molar-refractivity contribution in [2.75, 3.05) is 7.04 Å². The van der Waals surface area contributed by atoms with Gasteiger partial charge in [-0.3, -0.25) is 4.79 Å². The van der Waals surface area contributed by atoms with Crippen molar-refractivity contribution in [2.45, 2.75) is 6.04 Å². The first-order valence-corrected chi connectivity index (χ1v) is 3.43. The maximum absolute atomic E-state index is 11.3. The van der Waals surface area contributed by atoms with Gasteiger partial charge in [-0.15, -0.1) is 0 Å². The van der Waals surface area contributed by atoms with Crippen LogP contribution in [0.3, 0.4) is 0 Å². The Bertz CT molecular complexity index is 337. The van der Waals surface area contributed by atoms with E-state index in [-0.39, 0.29) is 0 Å². The van der Waals surface area contributed by atoms with Crippen LogP contribution in [0.1, 0.15) is 15.7 Å². The van der Waals surface area contributed by atoms with Gasteiger partial charge in [-0.1, -0.05) is 30.3 Å². The molecule has 0 saturated carbocycles. The Labute approximate surface area is 75.4 Å². The molecule has 0 spiro atoms. The van der Waals surface area contributed by atoms with E-state index in [9.17, 15) is 4.79 Å². The van der Waals surface area contributed by atoms with Crippen molar-refractivity contribution in [3.05, 3.63) is 35.9 Å². The molecule has 0 fully saturated rings.